The molecular formula is C18H15ClN4O5. The molecule has 1 atom stereocenters. The Bertz CT molecular complexity index is 1050. The Morgan fingerprint density at radius 3 is 2.71 bits per heavy atom. The number of non-ortho nitro benzene ring substituents is 1. The molecule has 0 radical (unpaired) electrons. The van der Waals surface area contributed by atoms with Gasteiger partial charge >= 0.3 is 0 Å². The van der Waals surface area contributed by atoms with Crippen LogP contribution in [0, 0.1) is 10.1 Å². The molecule has 3 heterocycles. The monoisotopic (exact) mass is 402 g/mol. The number of nitrogens with zero attached hydrogens (tertiary/aromatic N) is 4. The second kappa shape index (κ2) is 7.45. The predicted molar refractivity (Wildman–Crippen MR) is 101 cm³/mol. The lowest BCUT2D eigenvalue weighted by atomic mass is 10.2. The van der Waals surface area contributed by atoms with Gasteiger partial charge in [0.05, 0.1) is 41.9 Å². The summed E-state index contributed by atoms with van der Waals surface area (Å²) >= 11 is 6.35. The highest BCUT2D eigenvalue weighted by Crippen LogP contribution is 2.29. The smallest absolute Gasteiger partial charge is 0.292 e. The Morgan fingerprint density at radius 2 is 2.04 bits per heavy atom. The van der Waals surface area contributed by atoms with Crippen molar-refractivity contribution in [2.24, 2.45) is 0 Å². The van der Waals surface area contributed by atoms with Gasteiger partial charge in [-0.1, -0.05) is 11.6 Å². The molecule has 2 aromatic heterocycles. The van der Waals surface area contributed by atoms with Gasteiger partial charge in [0, 0.05) is 18.7 Å². The summed E-state index contributed by atoms with van der Waals surface area (Å²) in [5.74, 6) is 0.702. The molecule has 1 saturated heterocycles. The Labute approximate surface area is 163 Å². The van der Waals surface area contributed by atoms with Gasteiger partial charge in [0.2, 0.25) is 0 Å². The lowest BCUT2D eigenvalue weighted by Crippen LogP contribution is -2.39. The Kier molecular flexibility index (Phi) is 4.84. The number of hydrogen-bond acceptors (Lipinski definition) is 7. The molecular weight excluding hydrogens is 388 g/mol. The average Bonchev–Trinajstić information content (AvgIpc) is 3.25. The number of anilines is 1. The van der Waals surface area contributed by atoms with Crippen molar-refractivity contribution in [3.63, 3.8) is 0 Å². The summed E-state index contributed by atoms with van der Waals surface area (Å²) < 4.78 is 12.2. The zero-order valence-electron chi connectivity index (χ0n) is 14.5. The van der Waals surface area contributed by atoms with Crippen molar-refractivity contribution in [3.05, 3.63) is 80.1 Å². The molecule has 1 unspecified atom stereocenters. The van der Waals surface area contributed by atoms with Crippen LogP contribution in [-0.4, -0.2) is 34.4 Å². The molecule has 0 amide bonds. The van der Waals surface area contributed by atoms with Gasteiger partial charge in [-0.25, -0.2) is 0 Å². The van der Waals surface area contributed by atoms with Gasteiger partial charge in [0.15, 0.2) is 0 Å². The van der Waals surface area contributed by atoms with Crippen molar-refractivity contribution in [2.75, 3.05) is 24.6 Å². The van der Waals surface area contributed by atoms with Gasteiger partial charge in [-0.2, -0.15) is 9.78 Å². The molecule has 0 spiro atoms. The van der Waals surface area contributed by atoms with E-state index in [4.69, 9.17) is 20.8 Å². The normalized spacial score (nSPS) is 16.9. The first-order chi connectivity index (χ1) is 13.5. The minimum absolute atomic E-state index is 0.0217. The molecule has 1 aromatic carbocycles. The number of morpholine rings is 1. The van der Waals surface area contributed by atoms with Gasteiger partial charge < -0.3 is 14.1 Å². The van der Waals surface area contributed by atoms with Crippen molar-refractivity contribution in [1.82, 2.24) is 9.78 Å². The van der Waals surface area contributed by atoms with Crippen molar-refractivity contribution in [1.29, 1.82) is 0 Å². The molecule has 0 aliphatic carbocycles. The molecule has 1 aliphatic rings. The second-order valence-electron chi connectivity index (χ2n) is 6.16. The summed E-state index contributed by atoms with van der Waals surface area (Å²) in [5, 5.41) is 15.0. The first kappa shape index (κ1) is 18.2. The molecule has 9 nitrogen and oxygen atoms in total. The first-order valence-electron chi connectivity index (χ1n) is 8.47. The van der Waals surface area contributed by atoms with Crippen LogP contribution in [0.5, 0.6) is 0 Å². The van der Waals surface area contributed by atoms with Crippen LogP contribution in [0.15, 0.2) is 58.1 Å². The highest BCUT2D eigenvalue weighted by Gasteiger charge is 2.26. The zero-order chi connectivity index (χ0) is 19.7. The van der Waals surface area contributed by atoms with Crippen molar-refractivity contribution >= 4 is 23.0 Å². The fourth-order valence-corrected chi connectivity index (χ4v) is 3.31. The highest BCUT2D eigenvalue weighted by atomic mass is 35.5. The number of halogens is 1. The van der Waals surface area contributed by atoms with E-state index in [9.17, 15) is 14.9 Å². The third kappa shape index (κ3) is 3.37. The zero-order valence-corrected chi connectivity index (χ0v) is 15.3. The molecule has 10 heteroatoms. The molecule has 4 rings (SSSR count). The molecule has 144 valence electrons. The number of furan rings is 1. The quantitative estimate of drug-likeness (QED) is 0.488. The van der Waals surface area contributed by atoms with Crippen LogP contribution in [0.3, 0.4) is 0 Å². The average molecular weight is 403 g/mol. The number of ether oxygens (including phenoxy) is 1. The van der Waals surface area contributed by atoms with Gasteiger partial charge in [-0.3, -0.25) is 14.9 Å². The van der Waals surface area contributed by atoms with Gasteiger partial charge in [-0.15, -0.1) is 0 Å². The van der Waals surface area contributed by atoms with E-state index < -0.39 is 10.5 Å². The molecule has 0 N–H and O–H groups in total. The van der Waals surface area contributed by atoms with Gasteiger partial charge in [-0.05, 0) is 24.3 Å². The third-order valence-electron chi connectivity index (χ3n) is 4.47. The largest absolute Gasteiger partial charge is 0.467 e. The molecule has 3 aromatic rings. The highest BCUT2D eigenvalue weighted by molar-refractivity contribution is 6.33. The number of hydrogen-bond donors (Lipinski definition) is 0. The van der Waals surface area contributed by atoms with Crippen LogP contribution >= 0.6 is 11.6 Å². The maximum atomic E-state index is 12.7. The van der Waals surface area contributed by atoms with Crippen molar-refractivity contribution in [3.8, 4) is 5.69 Å². The van der Waals surface area contributed by atoms with Crippen LogP contribution in [0.4, 0.5) is 11.4 Å². The summed E-state index contributed by atoms with van der Waals surface area (Å²) in [5.41, 5.74) is 0.315. The molecule has 0 bridgehead atoms. The molecule has 28 heavy (non-hydrogen) atoms. The number of aromatic nitrogens is 2. The predicted octanol–water partition coefficient (Wildman–Crippen LogP) is 2.97. The van der Waals surface area contributed by atoms with E-state index in [1.165, 1.54) is 30.5 Å². The summed E-state index contributed by atoms with van der Waals surface area (Å²) in [6.07, 6.45) is 2.82. The summed E-state index contributed by atoms with van der Waals surface area (Å²) in [6.45, 7) is 1.47. The minimum atomic E-state index is -0.510. The number of nitro groups is 1. The fourth-order valence-electron chi connectivity index (χ4n) is 3.06. The van der Waals surface area contributed by atoms with Gasteiger partial charge in [0.25, 0.3) is 11.2 Å². The van der Waals surface area contributed by atoms with Gasteiger partial charge in [0.1, 0.15) is 16.9 Å². The Balaban J connectivity index is 1.62. The van der Waals surface area contributed by atoms with E-state index in [-0.39, 0.29) is 16.8 Å². The number of benzene rings is 1. The summed E-state index contributed by atoms with van der Waals surface area (Å²) in [7, 11) is 0. The van der Waals surface area contributed by atoms with Crippen LogP contribution < -0.4 is 10.5 Å². The van der Waals surface area contributed by atoms with E-state index in [0.29, 0.717) is 36.8 Å². The third-order valence-corrected chi connectivity index (χ3v) is 4.83. The van der Waals surface area contributed by atoms with Crippen molar-refractivity contribution in [2.45, 2.75) is 6.10 Å². The SMILES string of the molecule is O=c1c(Cl)c(N2CCOC(c3ccco3)C2)cnn1-c1ccc([N+](=O)[O-])cc1. The molecule has 1 fully saturated rings. The second-order valence-corrected chi connectivity index (χ2v) is 6.53. The first-order valence-corrected chi connectivity index (χ1v) is 8.85. The Hall–Kier alpha value is -3.17. The van der Waals surface area contributed by atoms with Crippen LogP contribution in [-0.2, 0) is 4.74 Å². The van der Waals surface area contributed by atoms with Crippen LogP contribution in [0.1, 0.15) is 11.9 Å². The van der Waals surface area contributed by atoms with Crippen LogP contribution in [0.2, 0.25) is 5.02 Å². The van der Waals surface area contributed by atoms with Crippen LogP contribution in [0.25, 0.3) is 5.69 Å². The minimum Gasteiger partial charge on any atom is -0.467 e. The van der Waals surface area contributed by atoms with Crippen molar-refractivity contribution < 1.29 is 14.1 Å². The molecule has 1 aliphatic heterocycles. The maximum absolute atomic E-state index is 12.7. The molecule has 0 saturated carbocycles. The van der Waals surface area contributed by atoms with E-state index in [2.05, 4.69) is 5.10 Å². The fraction of sp³-hybridized carbons (Fsp3) is 0.222. The van der Waals surface area contributed by atoms with E-state index in [1.54, 1.807) is 12.3 Å². The van der Waals surface area contributed by atoms with E-state index in [0.717, 1.165) is 4.68 Å². The Morgan fingerprint density at radius 1 is 1.25 bits per heavy atom. The maximum Gasteiger partial charge on any atom is 0.292 e. The van der Waals surface area contributed by atoms with E-state index >= 15 is 0 Å². The number of nitro benzene ring substituents is 1. The standard InChI is InChI=1S/C18H15ClN4O5/c19-17-14(21-7-9-28-16(11-21)15-2-1-8-27-15)10-20-22(18(17)24)12-3-5-13(6-4-12)23(25)26/h1-6,8,10,16H,7,9,11H2. The summed E-state index contributed by atoms with van der Waals surface area (Å²) in [4.78, 5) is 24.9. The van der Waals surface area contributed by atoms with E-state index in [1.807, 2.05) is 11.0 Å². The summed E-state index contributed by atoms with van der Waals surface area (Å²) in [6, 6.07) is 9.13. The lowest BCUT2D eigenvalue weighted by Gasteiger charge is -2.33. The number of rotatable bonds is 4. The topological polar surface area (TPSA) is 104 Å². The lowest BCUT2D eigenvalue weighted by molar-refractivity contribution is -0.384.